The Hall–Kier alpha value is -1.05. The number of aromatic nitrogens is 1. The highest BCUT2D eigenvalue weighted by Gasteiger charge is 2.25. The van der Waals surface area contributed by atoms with Crippen LogP contribution in [0, 0.1) is 0 Å². The lowest BCUT2D eigenvalue weighted by molar-refractivity contribution is 0.0944. The van der Waals surface area contributed by atoms with Crippen molar-refractivity contribution in [1.29, 1.82) is 0 Å². The van der Waals surface area contributed by atoms with Gasteiger partial charge in [-0.05, 0) is 13.3 Å². The van der Waals surface area contributed by atoms with Crippen molar-refractivity contribution in [1.82, 2.24) is 10.6 Å². The van der Waals surface area contributed by atoms with Crippen molar-refractivity contribution in [2.24, 2.45) is 5.84 Å². The van der Waals surface area contributed by atoms with Gasteiger partial charge < -0.3 is 9.26 Å². The zero-order valence-corrected chi connectivity index (χ0v) is 10.3. The zero-order valence-electron chi connectivity index (χ0n) is 9.51. The molecular formula is C10H15N3O3S. The number of carbonyl (C=O) groups is 1. The quantitative estimate of drug-likeness (QED) is 0.468. The fraction of sp³-hybridized carbons (Fsp3) is 0.600. The summed E-state index contributed by atoms with van der Waals surface area (Å²) in [7, 11) is 0. The molecule has 2 unspecified atom stereocenters. The summed E-state index contributed by atoms with van der Waals surface area (Å²) >= 11 is 1.76. The van der Waals surface area contributed by atoms with Gasteiger partial charge in [0.15, 0.2) is 5.69 Å². The number of hydrogen-bond acceptors (Lipinski definition) is 6. The van der Waals surface area contributed by atoms with Crippen molar-refractivity contribution < 1.29 is 14.1 Å². The Labute approximate surface area is 103 Å². The second-order valence-electron chi connectivity index (χ2n) is 3.87. The highest BCUT2D eigenvalue weighted by Crippen LogP contribution is 2.29. The number of rotatable bonds is 4. The van der Waals surface area contributed by atoms with Gasteiger partial charge in [0.25, 0.3) is 5.91 Å². The number of ether oxygens (including phenoxy) is 1. The van der Waals surface area contributed by atoms with Crippen LogP contribution in [0.1, 0.15) is 29.6 Å². The molecular weight excluding hydrogens is 242 g/mol. The van der Waals surface area contributed by atoms with Gasteiger partial charge >= 0.3 is 0 Å². The van der Waals surface area contributed by atoms with Crippen LogP contribution >= 0.6 is 11.8 Å². The first-order chi connectivity index (χ1) is 8.20. The lowest BCUT2D eigenvalue weighted by atomic mass is 10.3. The van der Waals surface area contributed by atoms with Gasteiger partial charge in [-0.2, -0.15) is 0 Å². The van der Waals surface area contributed by atoms with Crippen molar-refractivity contribution in [3.63, 3.8) is 0 Å². The molecule has 3 N–H and O–H groups in total. The lowest BCUT2D eigenvalue weighted by Crippen LogP contribution is -2.30. The third kappa shape index (κ3) is 2.99. The Morgan fingerprint density at radius 1 is 1.76 bits per heavy atom. The summed E-state index contributed by atoms with van der Waals surface area (Å²) < 4.78 is 10.5. The third-order valence-corrected chi connectivity index (χ3v) is 4.17. The van der Waals surface area contributed by atoms with Crippen molar-refractivity contribution in [2.45, 2.75) is 30.5 Å². The van der Waals surface area contributed by atoms with E-state index in [0.717, 1.165) is 13.0 Å². The second kappa shape index (κ2) is 5.52. The summed E-state index contributed by atoms with van der Waals surface area (Å²) in [6, 6.07) is 1.61. The number of nitrogen functional groups attached to an aromatic ring is 1. The van der Waals surface area contributed by atoms with Gasteiger partial charge in [0.2, 0.25) is 0 Å². The standard InChI is InChI=1S/C10H15N3O3S/c1-6-9(2-3-15-6)17-5-7-4-8(13-16-7)10(14)12-11/h4,6,9H,2-3,5,11H2,1H3,(H,12,14). The fourth-order valence-corrected chi connectivity index (χ4v) is 2.81. The van der Waals surface area contributed by atoms with E-state index in [9.17, 15) is 4.79 Å². The Balaban J connectivity index is 1.86. The van der Waals surface area contributed by atoms with Crippen molar-refractivity contribution in [2.75, 3.05) is 6.61 Å². The minimum absolute atomic E-state index is 0.207. The molecule has 1 aliphatic heterocycles. The molecule has 2 rings (SSSR count). The number of carbonyl (C=O) groups excluding carboxylic acids is 1. The Morgan fingerprint density at radius 2 is 2.59 bits per heavy atom. The highest BCUT2D eigenvalue weighted by atomic mass is 32.2. The van der Waals surface area contributed by atoms with E-state index < -0.39 is 5.91 Å². The van der Waals surface area contributed by atoms with E-state index in [1.807, 2.05) is 5.43 Å². The fourth-order valence-electron chi connectivity index (χ4n) is 1.68. The molecule has 0 radical (unpaired) electrons. The van der Waals surface area contributed by atoms with E-state index in [2.05, 4.69) is 12.1 Å². The summed E-state index contributed by atoms with van der Waals surface area (Å²) in [5.74, 6) is 5.92. The summed E-state index contributed by atoms with van der Waals surface area (Å²) in [6.07, 6.45) is 1.32. The molecule has 1 aromatic heterocycles. The summed E-state index contributed by atoms with van der Waals surface area (Å²) in [5, 5.41) is 4.12. The molecule has 1 saturated heterocycles. The maximum absolute atomic E-state index is 11.2. The predicted molar refractivity (Wildman–Crippen MR) is 63.3 cm³/mol. The summed E-state index contributed by atoms with van der Waals surface area (Å²) in [4.78, 5) is 11.2. The Morgan fingerprint density at radius 3 is 3.24 bits per heavy atom. The molecule has 0 spiro atoms. The van der Waals surface area contributed by atoms with Gasteiger partial charge in [0.1, 0.15) is 5.76 Å². The molecule has 17 heavy (non-hydrogen) atoms. The number of hydrazine groups is 1. The van der Waals surface area contributed by atoms with Crippen LogP contribution in [0.5, 0.6) is 0 Å². The van der Waals surface area contributed by atoms with Gasteiger partial charge in [-0.3, -0.25) is 10.2 Å². The average molecular weight is 257 g/mol. The molecule has 94 valence electrons. The molecule has 1 aromatic rings. The SMILES string of the molecule is CC1OCCC1SCc1cc(C(=O)NN)no1. The first kappa shape index (κ1) is 12.4. The minimum atomic E-state index is -0.442. The van der Waals surface area contributed by atoms with Crippen molar-refractivity contribution >= 4 is 17.7 Å². The number of nitrogens with two attached hydrogens (primary N) is 1. The maximum atomic E-state index is 11.2. The number of nitrogens with zero attached hydrogens (tertiary/aromatic N) is 1. The maximum Gasteiger partial charge on any atom is 0.287 e. The van der Waals surface area contributed by atoms with Gasteiger partial charge in [-0.1, -0.05) is 5.16 Å². The number of thioether (sulfide) groups is 1. The van der Waals surface area contributed by atoms with E-state index in [0.29, 0.717) is 16.8 Å². The molecule has 2 atom stereocenters. The van der Waals surface area contributed by atoms with E-state index >= 15 is 0 Å². The van der Waals surface area contributed by atoms with Gasteiger partial charge in [0, 0.05) is 17.9 Å². The smallest absolute Gasteiger partial charge is 0.287 e. The van der Waals surface area contributed by atoms with E-state index in [1.54, 1.807) is 17.8 Å². The van der Waals surface area contributed by atoms with Gasteiger partial charge in [-0.15, -0.1) is 11.8 Å². The van der Waals surface area contributed by atoms with Crippen LogP contribution in [-0.2, 0) is 10.5 Å². The molecule has 6 nitrogen and oxygen atoms in total. The summed E-state index contributed by atoms with van der Waals surface area (Å²) in [6.45, 7) is 2.88. The number of nitrogens with one attached hydrogen (secondary N) is 1. The lowest BCUT2D eigenvalue weighted by Gasteiger charge is -2.11. The van der Waals surface area contributed by atoms with E-state index in [1.165, 1.54) is 0 Å². The molecule has 0 saturated carbocycles. The Bertz CT molecular complexity index is 396. The van der Waals surface area contributed by atoms with E-state index in [4.69, 9.17) is 15.1 Å². The number of amides is 1. The van der Waals surface area contributed by atoms with Crippen LogP contribution < -0.4 is 11.3 Å². The first-order valence-electron chi connectivity index (χ1n) is 5.40. The molecule has 0 aromatic carbocycles. The average Bonchev–Trinajstić information content (AvgIpc) is 2.94. The van der Waals surface area contributed by atoms with Crippen LogP contribution in [0.4, 0.5) is 0 Å². The van der Waals surface area contributed by atoms with E-state index in [-0.39, 0.29) is 11.8 Å². The third-order valence-electron chi connectivity index (χ3n) is 2.67. The molecule has 2 heterocycles. The normalized spacial score (nSPS) is 23.9. The molecule has 0 aliphatic carbocycles. The highest BCUT2D eigenvalue weighted by molar-refractivity contribution is 7.99. The van der Waals surface area contributed by atoms with Crippen LogP contribution in [-0.4, -0.2) is 29.0 Å². The first-order valence-corrected chi connectivity index (χ1v) is 6.45. The Kier molecular flexibility index (Phi) is 4.03. The minimum Gasteiger partial charge on any atom is -0.377 e. The second-order valence-corrected chi connectivity index (χ2v) is 5.09. The van der Waals surface area contributed by atoms with Gasteiger partial charge in [-0.25, -0.2) is 5.84 Å². The predicted octanol–water partition coefficient (Wildman–Crippen LogP) is 0.689. The molecule has 7 heteroatoms. The topological polar surface area (TPSA) is 90.4 Å². The van der Waals surface area contributed by atoms with Gasteiger partial charge in [0.05, 0.1) is 11.9 Å². The zero-order chi connectivity index (χ0) is 12.3. The molecule has 1 fully saturated rings. The largest absolute Gasteiger partial charge is 0.377 e. The summed E-state index contributed by atoms with van der Waals surface area (Å²) in [5.41, 5.74) is 2.22. The van der Waals surface area contributed by atoms with Crippen molar-refractivity contribution in [3.8, 4) is 0 Å². The molecule has 1 amide bonds. The van der Waals surface area contributed by atoms with Crippen LogP contribution in [0.25, 0.3) is 0 Å². The molecule has 1 aliphatic rings. The van der Waals surface area contributed by atoms with Crippen LogP contribution in [0.2, 0.25) is 0 Å². The molecule has 0 bridgehead atoms. The monoisotopic (exact) mass is 257 g/mol. The van der Waals surface area contributed by atoms with Crippen molar-refractivity contribution in [3.05, 3.63) is 17.5 Å². The van der Waals surface area contributed by atoms with Crippen LogP contribution in [0.3, 0.4) is 0 Å². The van der Waals surface area contributed by atoms with Crippen LogP contribution in [0.15, 0.2) is 10.6 Å². The number of hydrogen-bond donors (Lipinski definition) is 2.